The van der Waals surface area contributed by atoms with E-state index < -0.39 is 6.10 Å². The number of fused-ring (bicyclic) bond motifs is 1. The zero-order valence-corrected chi connectivity index (χ0v) is 15.5. The van der Waals surface area contributed by atoms with Crippen LogP contribution in [-0.2, 0) is 14.3 Å². The lowest BCUT2D eigenvalue weighted by Gasteiger charge is -2.24. The predicted molar refractivity (Wildman–Crippen MR) is 105 cm³/mol. The van der Waals surface area contributed by atoms with Crippen LogP contribution in [-0.4, -0.2) is 43.4 Å². The molecule has 1 aliphatic heterocycles. The molecule has 1 amide bonds. The number of benzene rings is 2. The number of carbonyl (C=O) groups is 1. The molecule has 140 valence electrons. The maximum Gasteiger partial charge on any atom is 0.251 e. The SMILES string of the molecule is O=C(NC[C@@H](c1ccccc1Cl)c1c[nH]c2ccccc12)[C@H]1COCCO1. The molecule has 2 atom stereocenters. The van der Waals surface area contributed by atoms with Gasteiger partial charge in [-0.2, -0.15) is 0 Å². The Labute approximate surface area is 162 Å². The number of ether oxygens (including phenoxy) is 2. The number of carbonyl (C=O) groups excluding carboxylic acids is 1. The number of halogens is 1. The predicted octanol–water partition coefficient (Wildman–Crippen LogP) is 3.48. The van der Waals surface area contributed by atoms with Gasteiger partial charge in [0.1, 0.15) is 0 Å². The maximum absolute atomic E-state index is 12.5. The second kappa shape index (κ2) is 8.13. The number of hydrogen-bond donors (Lipinski definition) is 2. The number of amides is 1. The molecule has 1 saturated heterocycles. The van der Waals surface area contributed by atoms with Crippen molar-refractivity contribution in [3.63, 3.8) is 0 Å². The Bertz CT molecular complexity index is 934. The summed E-state index contributed by atoms with van der Waals surface area (Å²) >= 11 is 6.48. The van der Waals surface area contributed by atoms with Crippen LogP contribution >= 0.6 is 11.6 Å². The van der Waals surface area contributed by atoms with Crippen molar-refractivity contribution >= 4 is 28.4 Å². The number of rotatable bonds is 5. The smallest absolute Gasteiger partial charge is 0.251 e. The average molecular weight is 385 g/mol. The fourth-order valence-corrected chi connectivity index (χ4v) is 3.75. The molecule has 4 rings (SSSR count). The van der Waals surface area contributed by atoms with E-state index in [0.29, 0.717) is 24.8 Å². The highest BCUT2D eigenvalue weighted by Crippen LogP contribution is 2.34. The fraction of sp³-hybridized carbons (Fsp3) is 0.286. The highest BCUT2D eigenvalue weighted by atomic mass is 35.5. The molecular weight excluding hydrogens is 364 g/mol. The summed E-state index contributed by atoms with van der Waals surface area (Å²) in [6.07, 6.45) is 1.43. The van der Waals surface area contributed by atoms with Crippen LogP contribution in [0.4, 0.5) is 0 Å². The van der Waals surface area contributed by atoms with Gasteiger partial charge in [-0.05, 0) is 23.3 Å². The van der Waals surface area contributed by atoms with E-state index in [0.717, 1.165) is 22.0 Å². The lowest BCUT2D eigenvalue weighted by Crippen LogP contribution is -2.44. The van der Waals surface area contributed by atoms with Crippen LogP contribution in [0, 0.1) is 0 Å². The van der Waals surface area contributed by atoms with Crippen molar-refractivity contribution < 1.29 is 14.3 Å². The van der Waals surface area contributed by atoms with Crippen molar-refractivity contribution in [2.75, 3.05) is 26.4 Å². The molecule has 0 spiro atoms. The van der Waals surface area contributed by atoms with E-state index in [1.165, 1.54) is 0 Å². The Hall–Kier alpha value is -2.34. The molecular formula is C21H21ClN2O3. The number of H-pyrrole nitrogens is 1. The lowest BCUT2D eigenvalue weighted by molar-refractivity contribution is -0.147. The van der Waals surface area contributed by atoms with Crippen LogP contribution in [0.15, 0.2) is 54.7 Å². The lowest BCUT2D eigenvalue weighted by atomic mass is 9.90. The van der Waals surface area contributed by atoms with Gasteiger partial charge in [-0.1, -0.05) is 48.0 Å². The van der Waals surface area contributed by atoms with Crippen LogP contribution < -0.4 is 5.32 Å². The first-order valence-corrected chi connectivity index (χ1v) is 9.39. The van der Waals surface area contributed by atoms with Gasteiger partial charge in [0.25, 0.3) is 5.91 Å². The fourth-order valence-electron chi connectivity index (χ4n) is 3.48. The zero-order chi connectivity index (χ0) is 18.6. The molecule has 6 heteroatoms. The average Bonchev–Trinajstić information content (AvgIpc) is 3.14. The van der Waals surface area contributed by atoms with Crippen LogP contribution in [0.3, 0.4) is 0 Å². The van der Waals surface area contributed by atoms with Crippen molar-refractivity contribution in [3.8, 4) is 0 Å². The first-order chi connectivity index (χ1) is 13.2. The van der Waals surface area contributed by atoms with E-state index in [9.17, 15) is 4.79 Å². The summed E-state index contributed by atoms with van der Waals surface area (Å²) < 4.78 is 10.8. The van der Waals surface area contributed by atoms with E-state index >= 15 is 0 Å². The van der Waals surface area contributed by atoms with Crippen molar-refractivity contribution in [1.29, 1.82) is 0 Å². The van der Waals surface area contributed by atoms with Gasteiger partial charge in [-0.15, -0.1) is 0 Å². The first-order valence-electron chi connectivity index (χ1n) is 9.01. The molecule has 2 heterocycles. The summed E-state index contributed by atoms with van der Waals surface area (Å²) in [4.78, 5) is 15.8. The quantitative estimate of drug-likeness (QED) is 0.707. The van der Waals surface area contributed by atoms with Crippen molar-refractivity contribution in [2.45, 2.75) is 12.0 Å². The van der Waals surface area contributed by atoms with E-state index in [1.54, 1.807) is 0 Å². The Morgan fingerprint density at radius 3 is 2.78 bits per heavy atom. The largest absolute Gasteiger partial charge is 0.376 e. The molecule has 1 aliphatic rings. The van der Waals surface area contributed by atoms with Gasteiger partial charge in [0.2, 0.25) is 0 Å². The third-order valence-electron chi connectivity index (χ3n) is 4.87. The molecule has 0 saturated carbocycles. The molecule has 0 unspecified atom stereocenters. The summed E-state index contributed by atoms with van der Waals surface area (Å²) in [5.74, 6) is -0.241. The van der Waals surface area contributed by atoms with Gasteiger partial charge in [0.15, 0.2) is 6.10 Å². The summed E-state index contributed by atoms with van der Waals surface area (Å²) in [7, 11) is 0. The molecule has 2 aromatic carbocycles. The van der Waals surface area contributed by atoms with Crippen molar-refractivity contribution in [1.82, 2.24) is 10.3 Å². The molecule has 1 aromatic heterocycles. The number of aromatic amines is 1. The third-order valence-corrected chi connectivity index (χ3v) is 5.21. The first kappa shape index (κ1) is 18.0. The van der Waals surface area contributed by atoms with Crippen LogP contribution in [0.25, 0.3) is 10.9 Å². The molecule has 0 radical (unpaired) electrons. The third kappa shape index (κ3) is 3.86. The van der Waals surface area contributed by atoms with Gasteiger partial charge in [0.05, 0.1) is 19.8 Å². The minimum Gasteiger partial charge on any atom is -0.376 e. The Balaban J connectivity index is 1.62. The van der Waals surface area contributed by atoms with Crippen molar-refractivity contribution in [2.24, 2.45) is 0 Å². The Kier molecular flexibility index (Phi) is 5.43. The molecule has 3 aromatic rings. The molecule has 1 fully saturated rings. The number of nitrogens with one attached hydrogen (secondary N) is 2. The summed E-state index contributed by atoms with van der Waals surface area (Å²) in [5.41, 5.74) is 3.13. The van der Waals surface area contributed by atoms with E-state index in [-0.39, 0.29) is 18.4 Å². The van der Waals surface area contributed by atoms with Gasteiger partial charge in [-0.3, -0.25) is 4.79 Å². The minimum atomic E-state index is -0.561. The number of aromatic nitrogens is 1. The molecule has 0 bridgehead atoms. The van der Waals surface area contributed by atoms with Crippen LogP contribution in [0.2, 0.25) is 5.02 Å². The zero-order valence-electron chi connectivity index (χ0n) is 14.8. The van der Waals surface area contributed by atoms with E-state index in [1.807, 2.05) is 48.7 Å². The molecule has 27 heavy (non-hydrogen) atoms. The minimum absolute atomic E-state index is 0.0803. The second-order valence-corrected chi connectivity index (χ2v) is 6.95. The summed E-state index contributed by atoms with van der Waals surface area (Å²) in [6.45, 7) is 1.68. The van der Waals surface area contributed by atoms with Crippen LogP contribution in [0.1, 0.15) is 17.0 Å². The van der Waals surface area contributed by atoms with E-state index in [4.69, 9.17) is 21.1 Å². The normalized spacial score (nSPS) is 18.3. The van der Waals surface area contributed by atoms with Crippen LogP contribution in [0.5, 0.6) is 0 Å². The monoisotopic (exact) mass is 384 g/mol. The topological polar surface area (TPSA) is 63.4 Å². The Morgan fingerprint density at radius 2 is 1.96 bits per heavy atom. The standard InChI is InChI=1S/C21H21ClN2O3/c22-18-7-3-1-5-14(18)16(12-24-21(25)20-13-26-9-10-27-20)17-11-23-19-8-4-2-6-15(17)19/h1-8,11,16,20,23H,9-10,12-13H2,(H,24,25)/t16-,20+/m0/s1. The second-order valence-electron chi connectivity index (χ2n) is 6.54. The van der Waals surface area contributed by atoms with E-state index in [2.05, 4.69) is 16.4 Å². The molecule has 2 N–H and O–H groups in total. The maximum atomic E-state index is 12.5. The summed E-state index contributed by atoms with van der Waals surface area (Å²) in [6, 6.07) is 15.9. The number of para-hydroxylation sites is 1. The molecule has 5 nitrogen and oxygen atoms in total. The summed E-state index contributed by atoms with van der Waals surface area (Å²) in [5, 5.41) is 4.81. The highest BCUT2D eigenvalue weighted by molar-refractivity contribution is 6.31. The number of hydrogen-bond acceptors (Lipinski definition) is 3. The van der Waals surface area contributed by atoms with Gasteiger partial charge in [-0.25, -0.2) is 0 Å². The van der Waals surface area contributed by atoms with Gasteiger partial charge in [0, 0.05) is 34.6 Å². The molecule has 0 aliphatic carbocycles. The van der Waals surface area contributed by atoms with Crippen molar-refractivity contribution in [3.05, 3.63) is 70.9 Å². The van der Waals surface area contributed by atoms with Gasteiger partial charge < -0.3 is 19.8 Å². The van der Waals surface area contributed by atoms with Gasteiger partial charge >= 0.3 is 0 Å². The highest BCUT2D eigenvalue weighted by Gasteiger charge is 2.25. The Morgan fingerprint density at radius 1 is 1.15 bits per heavy atom.